The smallest absolute Gasteiger partial charge is 0.185 e. The number of azo groups is 2. The van der Waals surface area contributed by atoms with Crippen LogP contribution in [0.1, 0.15) is 22.5 Å². The summed E-state index contributed by atoms with van der Waals surface area (Å²) in [6.07, 6.45) is 0. The molecule has 0 saturated carbocycles. The van der Waals surface area contributed by atoms with Crippen molar-refractivity contribution in [1.29, 1.82) is 0 Å². The van der Waals surface area contributed by atoms with Gasteiger partial charge in [-0.25, -0.2) is 0 Å². The summed E-state index contributed by atoms with van der Waals surface area (Å²) in [6, 6.07) is 21.6. The number of benzene rings is 4. The van der Waals surface area contributed by atoms with Crippen LogP contribution in [0.3, 0.4) is 0 Å². The van der Waals surface area contributed by atoms with Crippen LogP contribution in [-0.4, -0.2) is 34.6 Å². The fourth-order valence-electron chi connectivity index (χ4n) is 3.76. The van der Waals surface area contributed by atoms with Gasteiger partial charge in [0.1, 0.15) is 22.8 Å². The number of aromatic amines is 1. The number of nitrogens with one attached hydrogen (secondary N) is 1. The monoisotopic (exact) mass is 636 g/mol. The summed E-state index contributed by atoms with van der Waals surface area (Å²) in [5, 5.41) is 45.8. The fourth-order valence-corrected chi connectivity index (χ4v) is 4.01. The van der Waals surface area contributed by atoms with E-state index in [2.05, 4.69) is 54.3 Å². The van der Waals surface area contributed by atoms with E-state index in [0.717, 1.165) is 0 Å². The Morgan fingerprint density at radius 1 is 0.622 bits per heavy atom. The molecule has 1 aromatic heterocycles. The van der Waals surface area contributed by atoms with E-state index >= 15 is 0 Å². The predicted octanol–water partition coefficient (Wildman–Crippen LogP) is 8.78. The van der Waals surface area contributed by atoms with E-state index < -0.39 is 0 Å². The van der Waals surface area contributed by atoms with Crippen LogP contribution >= 0.6 is 23.2 Å². The minimum atomic E-state index is -0.168. The second kappa shape index (κ2) is 14.1. The molecule has 0 radical (unpaired) electrons. The number of phenolic OH excluding ortho intramolecular Hbond substituents is 2. The van der Waals surface area contributed by atoms with E-state index in [4.69, 9.17) is 32.7 Å². The number of aromatic hydroxyl groups is 2. The Balaban J connectivity index is 1.36. The maximum Gasteiger partial charge on any atom is 0.185 e. The van der Waals surface area contributed by atoms with E-state index in [1.54, 1.807) is 78.9 Å². The van der Waals surface area contributed by atoms with Gasteiger partial charge in [0.15, 0.2) is 23.0 Å². The molecule has 10 nitrogen and oxygen atoms in total. The molecule has 0 aliphatic rings. The van der Waals surface area contributed by atoms with Crippen molar-refractivity contribution in [3.8, 4) is 46.7 Å². The Bertz CT molecular complexity index is 1890. The third kappa shape index (κ3) is 7.98. The van der Waals surface area contributed by atoms with Crippen molar-refractivity contribution < 1.29 is 19.7 Å². The molecule has 4 aromatic carbocycles. The average Bonchev–Trinajstić information content (AvgIpc) is 3.51. The largest absolute Gasteiger partial charge is 0.503 e. The van der Waals surface area contributed by atoms with Gasteiger partial charge in [0.05, 0.1) is 25.6 Å². The van der Waals surface area contributed by atoms with Crippen molar-refractivity contribution in [2.45, 2.75) is 0 Å². The highest BCUT2D eigenvalue weighted by atomic mass is 35.5. The summed E-state index contributed by atoms with van der Waals surface area (Å²) < 4.78 is 10.6. The van der Waals surface area contributed by atoms with Crippen molar-refractivity contribution in [3.63, 3.8) is 0 Å². The van der Waals surface area contributed by atoms with Gasteiger partial charge >= 0.3 is 0 Å². The summed E-state index contributed by atoms with van der Waals surface area (Å²) in [6.45, 7) is 0. The van der Waals surface area contributed by atoms with Crippen LogP contribution in [0.25, 0.3) is 0 Å². The first-order valence-electron chi connectivity index (χ1n) is 13.1. The van der Waals surface area contributed by atoms with E-state index in [9.17, 15) is 10.2 Å². The highest BCUT2D eigenvalue weighted by molar-refractivity contribution is 6.30. The van der Waals surface area contributed by atoms with E-state index in [-0.39, 0.29) is 34.4 Å². The van der Waals surface area contributed by atoms with Crippen molar-refractivity contribution in [3.05, 3.63) is 111 Å². The Morgan fingerprint density at radius 2 is 1.09 bits per heavy atom. The number of nitrogens with zero attached hydrogens (tertiary/aromatic N) is 5. The molecule has 0 spiro atoms. The number of ether oxygens (including phenoxy) is 2. The molecule has 0 aliphatic heterocycles. The Morgan fingerprint density at radius 3 is 1.56 bits per heavy atom. The Labute approximate surface area is 268 Å². The van der Waals surface area contributed by atoms with Gasteiger partial charge in [-0.05, 0) is 84.6 Å². The topological polar surface area (TPSA) is 137 Å². The molecule has 0 atom stereocenters. The van der Waals surface area contributed by atoms with Gasteiger partial charge in [-0.2, -0.15) is 15.3 Å². The molecule has 5 rings (SSSR count). The van der Waals surface area contributed by atoms with Gasteiger partial charge in [-0.3, -0.25) is 5.10 Å². The molecular weight excluding hydrogens is 615 g/mol. The zero-order chi connectivity index (χ0) is 31.8. The third-order valence-electron chi connectivity index (χ3n) is 6.00. The molecule has 0 fully saturated rings. The average molecular weight is 637 g/mol. The molecule has 222 valence electrons. The number of hydrogen-bond donors (Lipinski definition) is 3. The number of rotatable bonds is 6. The van der Waals surface area contributed by atoms with Crippen LogP contribution < -0.4 is 9.47 Å². The van der Waals surface area contributed by atoms with E-state index in [1.165, 1.54) is 14.2 Å². The molecule has 0 aliphatic carbocycles. The molecule has 45 heavy (non-hydrogen) atoms. The van der Waals surface area contributed by atoms with Gasteiger partial charge in [0.25, 0.3) is 0 Å². The first kappa shape index (κ1) is 30.6. The predicted molar refractivity (Wildman–Crippen MR) is 171 cm³/mol. The molecule has 3 N–H and O–H groups in total. The molecule has 0 amide bonds. The molecule has 0 saturated heterocycles. The highest BCUT2D eigenvalue weighted by Gasteiger charge is 2.11. The number of phenols is 2. The fraction of sp³-hybridized carbons (Fsp3) is 0.0606. The number of halogens is 2. The number of methoxy groups -OCH3 is 2. The van der Waals surface area contributed by atoms with Crippen LogP contribution in [-0.2, 0) is 0 Å². The number of hydrogen-bond acceptors (Lipinski definition) is 9. The zero-order valence-electron chi connectivity index (χ0n) is 23.7. The quantitative estimate of drug-likeness (QED) is 0.126. The summed E-state index contributed by atoms with van der Waals surface area (Å²) in [4.78, 5) is 0. The van der Waals surface area contributed by atoms with Crippen molar-refractivity contribution in [1.82, 2.24) is 10.2 Å². The molecule has 5 aromatic rings. The summed E-state index contributed by atoms with van der Waals surface area (Å²) >= 11 is 11.8. The minimum Gasteiger partial charge on any atom is -0.503 e. The second-order valence-corrected chi connectivity index (χ2v) is 9.99. The third-order valence-corrected chi connectivity index (χ3v) is 6.51. The lowest BCUT2D eigenvalue weighted by Gasteiger charge is -2.06. The molecule has 1 heterocycles. The summed E-state index contributed by atoms with van der Waals surface area (Å²) in [5.74, 6) is 12.0. The van der Waals surface area contributed by atoms with Gasteiger partial charge in [0.2, 0.25) is 0 Å². The van der Waals surface area contributed by atoms with E-state index in [0.29, 0.717) is 43.9 Å². The maximum atomic E-state index is 10.5. The first-order chi connectivity index (χ1) is 21.8. The minimum absolute atomic E-state index is 0.166. The first-order valence-corrected chi connectivity index (χ1v) is 13.8. The van der Waals surface area contributed by atoms with Gasteiger partial charge in [0, 0.05) is 27.2 Å². The Hall–Kier alpha value is -5.81. The van der Waals surface area contributed by atoms with Crippen molar-refractivity contribution in [2.75, 3.05) is 14.2 Å². The van der Waals surface area contributed by atoms with Crippen molar-refractivity contribution >= 4 is 46.0 Å². The standard InChI is InChI=1S/C33H22Cl2N6O4/c1-44-30-17-20(15-28(32(30)42)40-36-24-11-5-22(34)6-12-24)3-9-26-19-27(39-38-26)10-4-21-16-29(33(43)31(18-21)45-2)41-37-25-13-7-23(35)8-14-25/h5-8,11-19,42-43H,1-2H3,(H,38,39). The van der Waals surface area contributed by atoms with Crippen LogP contribution in [0.15, 0.2) is 99.3 Å². The molecule has 0 unspecified atom stereocenters. The molecule has 0 bridgehead atoms. The number of H-pyrrole nitrogens is 1. The van der Waals surface area contributed by atoms with Gasteiger partial charge in [-0.1, -0.05) is 35.0 Å². The summed E-state index contributed by atoms with van der Waals surface area (Å²) in [7, 11) is 2.86. The van der Waals surface area contributed by atoms with Crippen molar-refractivity contribution in [2.24, 2.45) is 20.5 Å². The maximum absolute atomic E-state index is 10.5. The highest BCUT2D eigenvalue weighted by Crippen LogP contribution is 2.39. The Kier molecular flexibility index (Phi) is 9.61. The lowest BCUT2D eigenvalue weighted by molar-refractivity contribution is 0.374. The van der Waals surface area contributed by atoms with Crippen LogP contribution in [0, 0.1) is 23.7 Å². The normalized spacial score (nSPS) is 10.8. The summed E-state index contributed by atoms with van der Waals surface area (Å²) in [5.41, 5.74) is 3.44. The SMILES string of the molecule is COc1cc(C#Cc2cc(C#Cc3cc(N=Nc4ccc(Cl)cc4)c(O)c(OC)c3)[nH]n2)cc(N=Nc2ccc(Cl)cc2)c1O. The van der Waals surface area contributed by atoms with Gasteiger partial charge < -0.3 is 19.7 Å². The lowest BCUT2D eigenvalue weighted by atomic mass is 10.1. The number of aromatic nitrogens is 2. The van der Waals surface area contributed by atoms with Crippen LogP contribution in [0.4, 0.5) is 22.7 Å². The van der Waals surface area contributed by atoms with E-state index in [1.807, 2.05) is 0 Å². The zero-order valence-corrected chi connectivity index (χ0v) is 25.2. The van der Waals surface area contributed by atoms with Crippen LogP contribution in [0.2, 0.25) is 10.0 Å². The second-order valence-electron chi connectivity index (χ2n) is 9.11. The lowest BCUT2D eigenvalue weighted by Crippen LogP contribution is -1.86. The molecule has 12 heteroatoms. The van der Waals surface area contributed by atoms with Gasteiger partial charge in [-0.15, -0.1) is 10.2 Å². The molecular formula is C33H22Cl2N6O4. The van der Waals surface area contributed by atoms with Crippen LogP contribution in [0.5, 0.6) is 23.0 Å².